The summed E-state index contributed by atoms with van der Waals surface area (Å²) in [6.07, 6.45) is 3.03. The first kappa shape index (κ1) is 13.8. The maximum absolute atomic E-state index is 12.5. The van der Waals surface area contributed by atoms with Crippen LogP contribution in [-0.2, 0) is 4.79 Å². The van der Waals surface area contributed by atoms with Gasteiger partial charge >= 0.3 is 0 Å². The van der Waals surface area contributed by atoms with E-state index in [1.54, 1.807) is 0 Å². The molecule has 0 spiro atoms. The fraction of sp³-hybridized carbons (Fsp3) is 0.929. The highest BCUT2D eigenvalue weighted by Gasteiger charge is 2.37. The van der Waals surface area contributed by atoms with Gasteiger partial charge in [-0.2, -0.15) is 0 Å². The Balaban J connectivity index is 1.90. The molecule has 1 amide bonds. The van der Waals surface area contributed by atoms with Gasteiger partial charge in [0, 0.05) is 25.0 Å². The van der Waals surface area contributed by atoms with Crippen LogP contribution in [0.1, 0.15) is 33.1 Å². The first-order valence-electron chi connectivity index (χ1n) is 7.13. The molecule has 1 unspecified atom stereocenters. The minimum absolute atomic E-state index is 0.112. The molecule has 2 heterocycles. The third kappa shape index (κ3) is 2.86. The molecule has 0 radical (unpaired) electrons. The van der Waals surface area contributed by atoms with Gasteiger partial charge in [-0.25, -0.2) is 0 Å². The molecule has 2 aliphatic rings. The van der Waals surface area contributed by atoms with Crippen molar-refractivity contribution in [1.29, 1.82) is 0 Å². The van der Waals surface area contributed by atoms with Gasteiger partial charge in [0.2, 0.25) is 5.91 Å². The molecule has 0 bridgehead atoms. The van der Waals surface area contributed by atoms with Gasteiger partial charge in [-0.1, -0.05) is 13.8 Å². The summed E-state index contributed by atoms with van der Waals surface area (Å²) in [5.74, 6) is 0.573. The number of likely N-dealkylation sites (tertiary alicyclic amines) is 2. The Morgan fingerprint density at radius 1 is 1.22 bits per heavy atom. The van der Waals surface area contributed by atoms with E-state index in [2.05, 4.69) is 25.8 Å². The Morgan fingerprint density at radius 3 is 2.39 bits per heavy atom. The van der Waals surface area contributed by atoms with Crippen molar-refractivity contribution in [2.75, 3.05) is 33.2 Å². The number of nitrogens with zero attached hydrogens (tertiary/aromatic N) is 2. The van der Waals surface area contributed by atoms with Gasteiger partial charge in [0.15, 0.2) is 0 Å². The zero-order valence-corrected chi connectivity index (χ0v) is 12.0. The number of rotatable bonds is 1. The Kier molecular flexibility index (Phi) is 3.97. The van der Waals surface area contributed by atoms with Gasteiger partial charge in [0.1, 0.15) is 0 Å². The van der Waals surface area contributed by atoms with E-state index in [-0.39, 0.29) is 17.4 Å². The molecule has 0 aliphatic carbocycles. The van der Waals surface area contributed by atoms with E-state index in [9.17, 15) is 4.79 Å². The summed E-state index contributed by atoms with van der Waals surface area (Å²) in [5, 5.41) is 0. The lowest BCUT2D eigenvalue weighted by Crippen LogP contribution is -2.56. The lowest BCUT2D eigenvalue weighted by Gasteiger charge is -2.43. The molecular weight excluding hydrogens is 226 g/mol. The number of amides is 1. The molecule has 0 aromatic rings. The number of carbonyl (C=O) groups excluding carboxylic acids is 1. The SMILES string of the molecule is CN1CCC(C(=O)N2CCC(C)(C)C(N)C2)CC1. The van der Waals surface area contributed by atoms with Crippen molar-refractivity contribution < 1.29 is 4.79 Å². The van der Waals surface area contributed by atoms with Gasteiger partial charge in [-0.3, -0.25) is 4.79 Å². The van der Waals surface area contributed by atoms with Crippen molar-refractivity contribution in [3.63, 3.8) is 0 Å². The monoisotopic (exact) mass is 253 g/mol. The zero-order valence-electron chi connectivity index (χ0n) is 12.0. The van der Waals surface area contributed by atoms with Crippen LogP contribution in [0.2, 0.25) is 0 Å². The molecule has 2 saturated heterocycles. The minimum Gasteiger partial charge on any atom is -0.341 e. The highest BCUT2D eigenvalue weighted by molar-refractivity contribution is 5.79. The van der Waals surface area contributed by atoms with E-state index < -0.39 is 0 Å². The zero-order chi connectivity index (χ0) is 13.3. The molecule has 2 rings (SSSR count). The lowest BCUT2D eigenvalue weighted by molar-refractivity contribution is -0.139. The van der Waals surface area contributed by atoms with Crippen LogP contribution < -0.4 is 5.73 Å². The van der Waals surface area contributed by atoms with E-state index in [0.717, 1.165) is 45.4 Å². The molecule has 0 saturated carbocycles. The summed E-state index contributed by atoms with van der Waals surface area (Å²) in [5.41, 5.74) is 6.36. The van der Waals surface area contributed by atoms with Crippen LogP contribution in [-0.4, -0.2) is 55.0 Å². The summed E-state index contributed by atoms with van der Waals surface area (Å²) in [7, 11) is 2.13. The average Bonchev–Trinajstić information content (AvgIpc) is 2.33. The van der Waals surface area contributed by atoms with Crippen LogP contribution in [0.15, 0.2) is 0 Å². The van der Waals surface area contributed by atoms with Crippen molar-refractivity contribution in [2.45, 2.75) is 39.2 Å². The molecule has 18 heavy (non-hydrogen) atoms. The van der Waals surface area contributed by atoms with Crippen molar-refractivity contribution >= 4 is 5.91 Å². The molecule has 2 N–H and O–H groups in total. The molecule has 2 aliphatic heterocycles. The predicted molar refractivity (Wildman–Crippen MR) is 73.2 cm³/mol. The van der Waals surface area contributed by atoms with Crippen LogP contribution in [0.5, 0.6) is 0 Å². The highest BCUT2D eigenvalue weighted by atomic mass is 16.2. The first-order valence-corrected chi connectivity index (χ1v) is 7.13. The van der Waals surface area contributed by atoms with E-state index in [1.165, 1.54) is 0 Å². The van der Waals surface area contributed by atoms with Crippen LogP contribution >= 0.6 is 0 Å². The Labute approximate surface area is 110 Å². The third-order valence-corrected chi connectivity index (χ3v) is 4.83. The lowest BCUT2D eigenvalue weighted by atomic mass is 9.78. The summed E-state index contributed by atoms with van der Waals surface area (Å²) in [6.45, 7) is 8.11. The number of hydrogen-bond acceptors (Lipinski definition) is 3. The topological polar surface area (TPSA) is 49.6 Å². The number of carbonyl (C=O) groups is 1. The summed E-state index contributed by atoms with van der Waals surface area (Å²) in [4.78, 5) is 16.8. The number of nitrogens with two attached hydrogens (primary N) is 1. The maximum atomic E-state index is 12.5. The largest absolute Gasteiger partial charge is 0.341 e. The molecule has 0 aromatic heterocycles. The second-order valence-electron chi connectivity index (χ2n) is 6.71. The van der Waals surface area contributed by atoms with Gasteiger partial charge in [-0.15, -0.1) is 0 Å². The molecule has 4 heteroatoms. The van der Waals surface area contributed by atoms with Gasteiger partial charge in [-0.05, 0) is 44.8 Å². The van der Waals surface area contributed by atoms with Gasteiger partial charge in [0.25, 0.3) is 0 Å². The maximum Gasteiger partial charge on any atom is 0.225 e. The number of piperidine rings is 2. The summed E-state index contributed by atoms with van der Waals surface area (Å²) >= 11 is 0. The first-order chi connectivity index (χ1) is 8.40. The average molecular weight is 253 g/mol. The molecular formula is C14H27N3O. The van der Waals surface area contributed by atoms with Crippen molar-refractivity contribution in [1.82, 2.24) is 9.80 Å². The summed E-state index contributed by atoms with van der Waals surface area (Å²) < 4.78 is 0. The standard InChI is InChI=1S/C14H27N3O/c1-14(2)6-9-17(10-12(14)15)13(18)11-4-7-16(3)8-5-11/h11-12H,4-10,15H2,1-3H3. The van der Waals surface area contributed by atoms with Crippen LogP contribution in [0.4, 0.5) is 0 Å². The van der Waals surface area contributed by atoms with Gasteiger partial charge in [0.05, 0.1) is 0 Å². The quantitative estimate of drug-likeness (QED) is 0.756. The third-order valence-electron chi connectivity index (χ3n) is 4.83. The van der Waals surface area contributed by atoms with Gasteiger partial charge < -0.3 is 15.5 Å². The van der Waals surface area contributed by atoms with Crippen LogP contribution in [0, 0.1) is 11.3 Å². The summed E-state index contributed by atoms with van der Waals surface area (Å²) in [6, 6.07) is 0.112. The fourth-order valence-electron chi connectivity index (χ4n) is 2.90. The highest BCUT2D eigenvalue weighted by Crippen LogP contribution is 2.30. The fourth-order valence-corrected chi connectivity index (χ4v) is 2.90. The molecule has 2 fully saturated rings. The van der Waals surface area contributed by atoms with Crippen LogP contribution in [0.25, 0.3) is 0 Å². The molecule has 104 valence electrons. The van der Waals surface area contributed by atoms with E-state index >= 15 is 0 Å². The molecule has 1 atom stereocenters. The van der Waals surface area contributed by atoms with E-state index in [4.69, 9.17) is 5.73 Å². The minimum atomic E-state index is 0.112. The number of hydrogen-bond donors (Lipinski definition) is 1. The second kappa shape index (κ2) is 5.17. The second-order valence-corrected chi connectivity index (χ2v) is 6.71. The Morgan fingerprint density at radius 2 is 1.83 bits per heavy atom. The van der Waals surface area contributed by atoms with E-state index in [1.807, 2.05) is 4.90 Å². The molecule has 0 aromatic carbocycles. The normalized spacial score (nSPS) is 30.4. The van der Waals surface area contributed by atoms with Crippen molar-refractivity contribution in [3.8, 4) is 0 Å². The van der Waals surface area contributed by atoms with Crippen LogP contribution in [0.3, 0.4) is 0 Å². The van der Waals surface area contributed by atoms with E-state index in [0.29, 0.717) is 5.91 Å². The molecule has 4 nitrogen and oxygen atoms in total. The predicted octanol–water partition coefficient (Wildman–Crippen LogP) is 0.914. The van der Waals surface area contributed by atoms with Crippen molar-refractivity contribution in [2.24, 2.45) is 17.1 Å². The smallest absolute Gasteiger partial charge is 0.225 e. The van der Waals surface area contributed by atoms with Crippen molar-refractivity contribution in [3.05, 3.63) is 0 Å². The Bertz CT molecular complexity index is 308. The Hall–Kier alpha value is -0.610.